The van der Waals surface area contributed by atoms with Crippen molar-refractivity contribution in [3.8, 4) is 0 Å². The van der Waals surface area contributed by atoms with Gasteiger partial charge in [0.05, 0.1) is 6.04 Å². The van der Waals surface area contributed by atoms with Crippen molar-refractivity contribution in [3.05, 3.63) is 24.4 Å². The van der Waals surface area contributed by atoms with Gasteiger partial charge in [-0.15, -0.1) is 0 Å². The van der Waals surface area contributed by atoms with Crippen LogP contribution in [0.2, 0.25) is 0 Å². The summed E-state index contributed by atoms with van der Waals surface area (Å²) in [7, 11) is 1.85. The first kappa shape index (κ1) is 13.0. The lowest BCUT2D eigenvalue weighted by atomic mass is 9.83. The van der Waals surface area contributed by atoms with Gasteiger partial charge in [-0.2, -0.15) is 0 Å². The molecule has 4 nitrogen and oxygen atoms in total. The molecule has 1 saturated heterocycles. The third-order valence-electron chi connectivity index (χ3n) is 3.61. The largest absolute Gasteiger partial charge is 0.309 e. The van der Waals surface area contributed by atoms with E-state index in [-0.39, 0.29) is 17.4 Å². The average molecular weight is 247 g/mol. The SMILES string of the molecule is CNC1CC(C)(C)CCN(c2ccccn2)C1=O. The van der Waals surface area contributed by atoms with Crippen LogP contribution in [0.5, 0.6) is 0 Å². The summed E-state index contributed by atoms with van der Waals surface area (Å²) < 4.78 is 0. The van der Waals surface area contributed by atoms with Gasteiger partial charge in [-0.3, -0.25) is 9.69 Å². The Morgan fingerprint density at radius 1 is 1.44 bits per heavy atom. The first-order valence-electron chi connectivity index (χ1n) is 6.43. The molecule has 1 unspecified atom stereocenters. The molecule has 2 heterocycles. The number of carbonyl (C=O) groups excluding carboxylic acids is 1. The Balaban J connectivity index is 2.28. The van der Waals surface area contributed by atoms with Gasteiger partial charge in [0.25, 0.3) is 0 Å². The van der Waals surface area contributed by atoms with Gasteiger partial charge >= 0.3 is 0 Å². The van der Waals surface area contributed by atoms with Crippen molar-refractivity contribution in [2.45, 2.75) is 32.7 Å². The van der Waals surface area contributed by atoms with Crippen LogP contribution in [-0.4, -0.2) is 30.5 Å². The van der Waals surface area contributed by atoms with Gasteiger partial charge in [-0.05, 0) is 37.4 Å². The van der Waals surface area contributed by atoms with Crippen LogP contribution < -0.4 is 10.2 Å². The summed E-state index contributed by atoms with van der Waals surface area (Å²) >= 11 is 0. The molecule has 18 heavy (non-hydrogen) atoms. The molecule has 0 aliphatic carbocycles. The molecule has 1 aliphatic heterocycles. The quantitative estimate of drug-likeness (QED) is 0.867. The van der Waals surface area contributed by atoms with Crippen molar-refractivity contribution in [2.24, 2.45) is 5.41 Å². The Labute approximate surface area is 108 Å². The number of nitrogens with zero attached hydrogens (tertiary/aromatic N) is 2. The number of pyridine rings is 1. The summed E-state index contributed by atoms with van der Waals surface area (Å²) in [6, 6.07) is 5.55. The molecule has 0 saturated carbocycles. The summed E-state index contributed by atoms with van der Waals surface area (Å²) in [5, 5.41) is 3.13. The number of likely N-dealkylation sites (N-methyl/N-ethyl adjacent to an activating group) is 1. The monoisotopic (exact) mass is 247 g/mol. The second-order valence-electron chi connectivity index (χ2n) is 5.64. The van der Waals surface area contributed by atoms with E-state index in [1.54, 1.807) is 11.1 Å². The topological polar surface area (TPSA) is 45.2 Å². The first-order chi connectivity index (χ1) is 8.53. The number of rotatable bonds is 2. The van der Waals surface area contributed by atoms with Crippen molar-refractivity contribution in [1.82, 2.24) is 10.3 Å². The van der Waals surface area contributed by atoms with E-state index in [9.17, 15) is 4.79 Å². The average Bonchev–Trinajstić information content (AvgIpc) is 2.47. The van der Waals surface area contributed by atoms with Crippen LogP contribution in [0.4, 0.5) is 5.82 Å². The molecule has 1 aromatic rings. The van der Waals surface area contributed by atoms with Crippen molar-refractivity contribution in [1.29, 1.82) is 0 Å². The fourth-order valence-corrected chi connectivity index (χ4v) is 2.42. The van der Waals surface area contributed by atoms with Gasteiger partial charge in [0, 0.05) is 12.7 Å². The molecule has 0 aromatic carbocycles. The molecular formula is C14H21N3O. The highest BCUT2D eigenvalue weighted by Crippen LogP contribution is 2.31. The van der Waals surface area contributed by atoms with E-state index in [1.165, 1.54) is 0 Å². The molecule has 1 aliphatic rings. The lowest BCUT2D eigenvalue weighted by Gasteiger charge is -2.24. The van der Waals surface area contributed by atoms with Crippen LogP contribution >= 0.6 is 0 Å². The van der Waals surface area contributed by atoms with E-state index >= 15 is 0 Å². The molecule has 1 amide bonds. The molecule has 0 spiro atoms. The zero-order valence-corrected chi connectivity index (χ0v) is 11.3. The molecule has 0 radical (unpaired) electrons. The molecule has 2 rings (SSSR count). The smallest absolute Gasteiger partial charge is 0.245 e. The predicted molar refractivity (Wildman–Crippen MR) is 72.5 cm³/mol. The summed E-state index contributed by atoms with van der Waals surface area (Å²) in [6.07, 6.45) is 3.59. The minimum atomic E-state index is -0.121. The number of anilines is 1. The third-order valence-corrected chi connectivity index (χ3v) is 3.61. The second-order valence-corrected chi connectivity index (χ2v) is 5.64. The highest BCUT2D eigenvalue weighted by Gasteiger charge is 2.35. The lowest BCUT2D eigenvalue weighted by Crippen LogP contribution is -2.44. The number of hydrogen-bond donors (Lipinski definition) is 1. The van der Waals surface area contributed by atoms with E-state index in [0.717, 1.165) is 25.2 Å². The number of carbonyl (C=O) groups is 1. The molecule has 1 N–H and O–H groups in total. The number of aromatic nitrogens is 1. The molecule has 0 bridgehead atoms. The van der Waals surface area contributed by atoms with Crippen LogP contribution in [0.15, 0.2) is 24.4 Å². The Bertz CT molecular complexity index is 416. The Morgan fingerprint density at radius 3 is 2.83 bits per heavy atom. The van der Waals surface area contributed by atoms with E-state index in [4.69, 9.17) is 0 Å². The fourth-order valence-electron chi connectivity index (χ4n) is 2.42. The Kier molecular flexibility index (Phi) is 3.66. The van der Waals surface area contributed by atoms with E-state index < -0.39 is 0 Å². The van der Waals surface area contributed by atoms with Crippen LogP contribution in [0.1, 0.15) is 26.7 Å². The molecule has 1 fully saturated rings. The second kappa shape index (κ2) is 5.06. The number of amides is 1. The van der Waals surface area contributed by atoms with Gasteiger partial charge < -0.3 is 5.32 Å². The maximum absolute atomic E-state index is 12.5. The third kappa shape index (κ3) is 2.70. The van der Waals surface area contributed by atoms with Gasteiger partial charge in [0.2, 0.25) is 5.91 Å². The lowest BCUT2D eigenvalue weighted by molar-refractivity contribution is -0.120. The molecular weight excluding hydrogens is 226 g/mol. The van der Waals surface area contributed by atoms with Crippen molar-refractivity contribution in [3.63, 3.8) is 0 Å². The van der Waals surface area contributed by atoms with Gasteiger partial charge in [-0.1, -0.05) is 19.9 Å². The van der Waals surface area contributed by atoms with Crippen LogP contribution in [0.3, 0.4) is 0 Å². The maximum atomic E-state index is 12.5. The van der Waals surface area contributed by atoms with E-state index in [0.29, 0.717) is 0 Å². The minimum Gasteiger partial charge on any atom is -0.309 e. The van der Waals surface area contributed by atoms with Crippen molar-refractivity contribution in [2.75, 3.05) is 18.5 Å². The normalized spacial score (nSPS) is 23.8. The van der Waals surface area contributed by atoms with Gasteiger partial charge in [0.1, 0.15) is 5.82 Å². The minimum absolute atomic E-state index is 0.121. The molecule has 1 atom stereocenters. The summed E-state index contributed by atoms with van der Waals surface area (Å²) in [4.78, 5) is 18.6. The maximum Gasteiger partial charge on any atom is 0.245 e. The van der Waals surface area contributed by atoms with E-state index in [1.807, 2.05) is 25.2 Å². The number of nitrogens with one attached hydrogen (secondary N) is 1. The van der Waals surface area contributed by atoms with Crippen LogP contribution in [0, 0.1) is 5.41 Å². The van der Waals surface area contributed by atoms with Crippen LogP contribution in [0.25, 0.3) is 0 Å². The molecule has 4 heteroatoms. The summed E-state index contributed by atoms with van der Waals surface area (Å²) in [5.41, 5.74) is 0.173. The zero-order valence-electron chi connectivity index (χ0n) is 11.3. The van der Waals surface area contributed by atoms with Crippen molar-refractivity contribution >= 4 is 11.7 Å². The fraction of sp³-hybridized carbons (Fsp3) is 0.571. The zero-order chi connectivity index (χ0) is 13.2. The van der Waals surface area contributed by atoms with Crippen LogP contribution in [-0.2, 0) is 4.79 Å². The number of hydrogen-bond acceptors (Lipinski definition) is 3. The standard InChI is InChI=1S/C14H21N3O/c1-14(2)7-9-17(12-6-4-5-8-16-12)13(18)11(10-14)15-3/h4-6,8,11,15H,7,9-10H2,1-3H3. The Hall–Kier alpha value is -1.42. The Morgan fingerprint density at radius 2 is 2.22 bits per heavy atom. The van der Waals surface area contributed by atoms with Gasteiger partial charge in [-0.25, -0.2) is 4.98 Å². The van der Waals surface area contributed by atoms with Crippen molar-refractivity contribution < 1.29 is 4.79 Å². The molecule has 98 valence electrons. The summed E-state index contributed by atoms with van der Waals surface area (Å²) in [5.74, 6) is 0.877. The summed E-state index contributed by atoms with van der Waals surface area (Å²) in [6.45, 7) is 5.17. The highest BCUT2D eigenvalue weighted by atomic mass is 16.2. The molecule has 1 aromatic heterocycles. The van der Waals surface area contributed by atoms with Gasteiger partial charge in [0.15, 0.2) is 0 Å². The highest BCUT2D eigenvalue weighted by molar-refractivity contribution is 5.96. The van der Waals surface area contributed by atoms with E-state index in [2.05, 4.69) is 24.1 Å². The first-order valence-corrected chi connectivity index (χ1v) is 6.43. The predicted octanol–water partition coefficient (Wildman–Crippen LogP) is 1.82.